The number of hydrogen-bond acceptors (Lipinski definition) is 5. The van der Waals surface area contributed by atoms with E-state index in [1.807, 2.05) is 47.0 Å². The molecule has 8 heteroatoms. The molecule has 1 saturated heterocycles. The van der Waals surface area contributed by atoms with E-state index in [4.69, 9.17) is 0 Å². The molecule has 0 saturated carbocycles. The second-order valence-electron chi connectivity index (χ2n) is 7.02. The van der Waals surface area contributed by atoms with Crippen LogP contribution in [0.4, 0.5) is 0 Å². The van der Waals surface area contributed by atoms with Crippen molar-refractivity contribution in [3.8, 4) is 11.3 Å². The Labute approximate surface area is 151 Å². The minimum Gasteiger partial charge on any atom is -0.346 e. The van der Waals surface area contributed by atoms with Gasteiger partial charge in [-0.05, 0) is 33.0 Å². The quantitative estimate of drug-likeness (QED) is 0.769. The highest BCUT2D eigenvalue weighted by Crippen LogP contribution is 2.27. The van der Waals surface area contributed by atoms with Gasteiger partial charge < -0.3 is 14.8 Å². The van der Waals surface area contributed by atoms with E-state index in [0.717, 1.165) is 48.2 Å². The number of hydrogen-bond donors (Lipinski definition) is 1. The van der Waals surface area contributed by atoms with Crippen LogP contribution in [-0.4, -0.2) is 74.2 Å². The third-order valence-electron chi connectivity index (χ3n) is 4.87. The van der Waals surface area contributed by atoms with Crippen LogP contribution in [0.15, 0.2) is 31.0 Å². The minimum atomic E-state index is 0.199. The van der Waals surface area contributed by atoms with E-state index in [9.17, 15) is 4.79 Å². The van der Waals surface area contributed by atoms with Gasteiger partial charge in [-0.2, -0.15) is 5.10 Å². The summed E-state index contributed by atoms with van der Waals surface area (Å²) in [5, 5.41) is 5.56. The van der Waals surface area contributed by atoms with Crippen LogP contribution in [0.5, 0.6) is 0 Å². The second kappa shape index (κ2) is 6.87. The van der Waals surface area contributed by atoms with Gasteiger partial charge in [0.25, 0.3) is 0 Å². The standard InChI is InChI=1S/C18H23N7O/c1-23(2)11-16(26)24-7-4-14(5-8-24)25-10-13(9-22-25)17-15-3-6-19-18(15)21-12-20-17/h3,6,9-10,12,14H,4-5,7-8,11H2,1-2H3,(H,19,20,21). The number of likely N-dealkylation sites (N-methyl/N-ethyl adjacent to an activating group) is 1. The number of nitrogens with one attached hydrogen (secondary N) is 1. The predicted octanol–water partition coefficient (Wildman–Crippen LogP) is 1.55. The molecule has 0 aliphatic carbocycles. The first kappa shape index (κ1) is 16.7. The molecule has 136 valence electrons. The van der Waals surface area contributed by atoms with Crippen LogP contribution in [0.25, 0.3) is 22.3 Å². The zero-order valence-electron chi connectivity index (χ0n) is 15.1. The smallest absolute Gasteiger partial charge is 0.236 e. The lowest BCUT2D eigenvalue weighted by molar-refractivity contribution is -0.133. The number of nitrogens with zero attached hydrogens (tertiary/aromatic N) is 6. The Kier molecular flexibility index (Phi) is 4.42. The van der Waals surface area contributed by atoms with Crippen LogP contribution < -0.4 is 0 Å². The van der Waals surface area contributed by atoms with Gasteiger partial charge in [-0.15, -0.1) is 0 Å². The van der Waals surface area contributed by atoms with Gasteiger partial charge in [-0.1, -0.05) is 0 Å². The van der Waals surface area contributed by atoms with Crippen molar-refractivity contribution >= 4 is 16.9 Å². The van der Waals surface area contributed by atoms with E-state index in [1.54, 1.807) is 6.33 Å². The number of aromatic amines is 1. The molecule has 0 atom stereocenters. The molecule has 1 aliphatic rings. The molecule has 0 aromatic carbocycles. The number of piperidine rings is 1. The van der Waals surface area contributed by atoms with Gasteiger partial charge >= 0.3 is 0 Å². The first-order valence-corrected chi connectivity index (χ1v) is 8.87. The van der Waals surface area contributed by atoms with Crippen molar-refractivity contribution in [1.29, 1.82) is 0 Å². The van der Waals surface area contributed by atoms with Crippen LogP contribution in [0, 0.1) is 0 Å². The maximum absolute atomic E-state index is 12.2. The van der Waals surface area contributed by atoms with E-state index >= 15 is 0 Å². The Morgan fingerprint density at radius 2 is 2.12 bits per heavy atom. The zero-order chi connectivity index (χ0) is 18.1. The number of fused-ring (bicyclic) bond motifs is 1. The topological polar surface area (TPSA) is 82.9 Å². The van der Waals surface area contributed by atoms with E-state index in [-0.39, 0.29) is 5.91 Å². The number of carbonyl (C=O) groups is 1. The van der Waals surface area contributed by atoms with Crippen molar-refractivity contribution < 1.29 is 4.79 Å². The number of rotatable bonds is 4. The first-order chi connectivity index (χ1) is 12.6. The van der Waals surface area contributed by atoms with Crippen molar-refractivity contribution in [3.63, 3.8) is 0 Å². The summed E-state index contributed by atoms with van der Waals surface area (Å²) < 4.78 is 2.02. The van der Waals surface area contributed by atoms with Gasteiger partial charge in [0.15, 0.2) is 0 Å². The lowest BCUT2D eigenvalue weighted by Gasteiger charge is -2.32. The van der Waals surface area contributed by atoms with Crippen LogP contribution in [0.2, 0.25) is 0 Å². The van der Waals surface area contributed by atoms with E-state index in [1.165, 1.54) is 0 Å². The fourth-order valence-electron chi connectivity index (χ4n) is 3.51. The van der Waals surface area contributed by atoms with Crippen LogP contribution in [-0.2, 0) is 4.79 Å². The Balaban J connectivity index is 1.46. The Morgan fingerprint density at radius 3 is 2.88 bits per heavy atom. The fourth-order valence-corrected chi connectivity index (χ4v) is 3.51. The van der Waals surface area contributed by atoms with Crippen molar-refractivity contribution in [2.75, 3.05) is 33.7 Å². The molecule has 4 heterocycles. The average Bonchev–Trinajstić information content (AvgIpc) is 3.30. The van der Waals surface area contributed by atoms with Gasteiger partial charge in [-0.25, -0.2) is 9.97 Å². The third kappa shape index (κ3) is 3.20. The maximum atomic E-state index is 12.2. The molecular weight excluding hydrogens is 330 g/mol. The number of amides is 1. The SMILES string of the molecule is CN(C)CC(=O)N1CCC(n2cc(-c3ncnc4[nH]ccc34)cn2)CC1. The van der Waals surface area contributed by atoms with Crippen LogP contribution in [0.3, 0.4) is 0 Å². The molecule has 8 nitrogen and oxygen atoms in total. The van der Waals surface area contributed by atoms with Crippen LogP contribution in [0.1, 0.15) is 18.9 Å². The highest BCUT2D eigenvalue weighted by Gasteiger charge is 2.24. The van der Waals surface area contributed by atoms with Crippen molar-refractivity contribution in [3.05, 3.63) is 31.0 Å². The molecule has 1 aliphatic heterocycles. The molecule has 26 heavy (non-hydrogen) atoms. The van der Waals surface area contributed by atoms with Gasteiger partial charge in [-0.3, -0.25) is 9.48 Å². The molecule has 3 aromatic heterocycles. The Bertz CT molecular complexity index is 905. The molecule has 0 bridgehead atoms. The summed E-state index contributed by atoms with van der Waals surface area (Å²) >= 11 is 0. The number of aromatic nitrogens is 5. The largest absolute Gasteiger partial charge is 0.346 e. The summed E-state index contributed by atoms with van der Waals surface area (Å²) in [5.41, 5.74) is 2.71. The first-order valence-electron chi connectivity index (χ1n) is 8.87. The number of H-pyrrole nitrogens is 1. The lowest BCUT2D eigenvalue weighted by atomic mass is 10.1. The zero-order valence-corrected chi connectivity index (χ0v) is 15.1. The molecule has 1 amide bonds. The lowest BCUT2D eigenvalue weighted by Crippen LogP contribution is -2.43. The summed E-state index contributed by atoms with van der Waals surface area (Å²) in [6.07, 6.45) is 9.19. The van der Waals surface area contributed by atoms with Crippen molar-refractivity contribution in [1.82, 2.24) is 34.5 Å². The average molecular weight is 353 g/mol. The molecule has 0 spiro atoms. The normalized spacial score (nSPS) is 15.9. The second-order valence-corrected chi connectivity index (χ2v) is 7.02. The van der Waals surface area contributed by atoms with E-state index in [2.05, 4.69) is 26.2 Å². The third-order valence-corrected chi connectivity index (χ3v) is 4.87. The van der Waals surface area contributed by atoms with Gasteiger partial charge in [0.05, 0.1) is 24.5 Å². The van der Waals surface area contributed by atoms with Gasteiger partial charge in [0.2, 0.25) is 5.91 Å². The fraction of sp³-hybridized carbons (Fsp3) is 0.444. The molecule has 0 unspecified atom stereocenters. The Hall–Kier alpha value is -2.74. The summed E-state index contributed by atoms with van der Waals surface area (Å²) in [6, 6.07) is 2.30. The van der Waals surface area contributed by atoms with Crippen LogP contribution >= 0.6 is 0 Å². The summed E-state index contributed by atoms with van der Waals surface area (Å²) in [5.74, 6) is 0.199. The molecular formula is C18H23N7O. The Morgan fingerprint density at radius 1 is 1.31 bits per heavy atom. The highest BCUT2D eigenvalue weighted by molar-refractivity contribution is 5.89. The van der Waals surface area contributed by atoms with Gasteiger partial charge in [0.1, 0.15) is 12.0 Å². The molecule has 1 fully saturated rings. The molecule has 3 aromatic rings. The summed E-state index contributed by atoms with van der Waals surface area (Å²) in [7, 11) is 3.84. The monoisotopic (exact) mass is 353 g/mol. The van der Waals surface area contributed by atoms with Crippen molar-refractivity contribution in [2.45, 2.75) is 18.9 Å². The number of likely N-dealkylation sites (tertiary alicyclic amines) is 1. The molecule has 0 radical (unpaired) electrons. The maximum Gasteiger partial charge on any atom is 0.236 e. The minimum absolute atomic E-state index is 0.199. The van der Waals surface area contributed by atoms with E-state index < -0.39 is 0 Å². The van der Waals surface area contributed by atoms with Crippen molar-refractivity contribution in [2.24, 2.45) is 0 Å². The predicted molar refractivity (Wildman–Crippen MR) is 98.5 cm³/mol. The number of carbonyl (C=O) groups excluding carboxylic acids is 1. The van der Waals surface area contributed by atoms with Gasteiger partial charge in [0, 0.05) is 36.4 Å². The highest BCUT2D eigenvalue weighted by atomic mass is 16.2. The van der Waals surface area contributed by atoms with E-state index in [0.29, 0.717) is 12.6 Å². The summed E-state index contributed by atoms with van der Waals surface area (Å²) in [4.78, 5) is 27.8. The molecule has 4 rings (SSSR count). The molecule has 1 N–H and O–H groups in total. The summed E-state index contributed by atoms with van der Waals surface area (Å²) in [6.45, 7) is 2.03.